The molecule has 1 aliphatic rings. The molecule has 2 aromatic carbocycles. The summed E-state index contributed by atoms with van der Waals surface area (Å²) in [7, 11) is 0. The van der Waals surface area contributed by atoms with Crippen molar-refractivity contribution in [2.45, 2.75) is 44.8 Å². The molecule has 0 spiro atoms. The highest BCUT2D eigenvalue weighted by atomic mass is 16.5. The van der Waals surface area contributed by atoms with E-state index in [0.29, 0.717) is 19.1 Å². The van der Waals surface area contributed by atoms with Crippen LogP contribution in [-0.4, -0.2) is 22.9 Å². The molecule has 3 atom stereocenters. The van der Waals surface area contributed by atoms with Crippen LogP contribution in [-0.2, 0) is 12.0 Å². The molecule has 0 bridgehead atoms. The first-order valence-electron chi connectivity index (χ1n) is 9.36. The Morgan fingerprint density at radius 1 is 1.23 bits per heavy atom. The monoisotopic (exact) mass is 351 g/mol. The second-order valence-electron chi connectivity index (χ2n) is 7.62. The average molecular weight is 351 g/mol. The maximum absolute atomic E-state index is 10.3. The molecule has 26 heavy (non-hydrogen) atoms. The molecule has 3 nitrogen and oxygen atoms in total. The van der Waals surface area contributed by atoms with Crippen molar-refractivity contribution in [1.29, 1.82) is 0 Å². The van der Waals surface area contributed by atoms with Crippen molar-refractivity contribution < 1.29 is 9.94 Å². The van der Waals surface area contributed by atoms with Gasteiger partial charge in [-0.05, 0) is 47.4 Å². The molecule has 0 amide bonds. The van der Waals surface area contributed by atoms with Gasteiger partial charge in [-0.15, -0.1) is 6.58 Å². The Morgan fingerprint density at radius 3 is 2.73 bits per heavy atom. The lowest BCUT2D eigenvalue weighted by Crippen LogP contribution is -2.51. The van der Waals surface area contributed by atoms with Crippen molar-refractivity contribution in [2.24, 2.45) is 5.92 Å². The molecule has 138 valence electrons. The molecule has 1 N–H and O–H groups in total. The molecule has 3 heteroatoms. The van der Waals surface area contributed by atoms with Crippen LogP contribution in [0, 0.1) is 5.92 Å². The molecular formula is C23H29NO2. The highest BCUT2D eigenvalue weighted by molar-refractivity contribution is 5.35. The van der Waals surface area contributed by atoms with Gasteiger partial charge in [0.15, 0.2) is 0 Å². The first kappa shape index (κ1) is 18.7. The smallest absolute Gasteiger partial charge is 0.120 e. The number of piperidine rings is 1. The largest absolute Gasteiger partial charge is 0.489 e. The molecule has 0 aliphatic carbocycles. The van der Waals surface area contributed by atoms with E-state index >= 15 is 0 Å². The summed E-state index contributed by atoms with van der Waals surface area (Å²) in [4.78, 5) is 0. The van der Waals surface area contributed by atoms with E-state index in [2.05, 4.69) is 50.8 Å². The van der Waals surface area contributed by atoms with Crippen molar-refractivity contribution in [3.8, 4) is 5.75 Å². The molecule has 1 heterocycles. The number of rotatable bonds is 6. The van der Waals surface area contributed by atoms with Crippen molar-refractivity contribution in [1.82, 2.24) is 5.06 Å². The van der Waals surface area contributed by atoms with Gasteiger partial charge < -0.3 is 9.94 Å². The minimum Gasteiger partial charge on any atom is -0.489 e. The zero-order valence-corrected chi connectivity index (χ0v) is 15.8. The second kappa shape index (κ2) is 8.07. The molecule has 2 aromatic rings. The number of hydrogen-bond donors (Lipinski definition) is 1. The van der Waals surface area contributed by atoms with Crippen LogP contribution in [0.15, 0.2) is 67.3 Å². The van der Waals surface area contributed by atoms with E-state index in [9.17, 15) is 5.21 Å². The summed E-state index contributed by atoms with van der Waals surface area (Å²) in [6.07, 6.45) is 3.59. The molecule has 0 radical (unpaired) electrons. The quantitative estimate of drug-likeness (QED) is 0.726. The van der Waals surface area contributed by atoms with Crippen LogP contribution >= 0.6 is 0 Å². The fourth-order valence-corrected chi connectivity index (χ4v) is 3.91. The number of ether oxygens (including phenoxy) is 1. The predicted molar refractivity (Wildman–Crippen MR) is 105 cm³/mol. The van der Waals surface area contributed by atoms with Gasteiger partial charge in [0, 0.05) is 12.6 Å². The van der Waals surface area contributed by atoms with Crippen LogP contribution in [0.2, 0.25) is 0 Å². The van der Waals surface area contributed by atoms with Gasteiger partial charge in [-0.25, -0.2) is 0 Å². The third-order valence-corrected chi connectivity index (χ3v) is 5.81. The predicted octanol–water partition coefficient (Wildman–Crippen LogP) is 5.20. The third kappa shape index (κ3) is 4.00. The summed E-state index contributed by atoms with van der Waals surface area (Å²) < 4.78 is 6.02. The van der Waals surface area contributed by atoms with Gasteiger partial charge in [-0.3, -0.25) is 0 Å². The van der Waals surface area contributed by atoms with Crippen LogP contribution < -0.4 is 4.74 Å². The molecule has 3 rings (SSSR count). The van der Waals surface area contributed by atoms with Crippen LogP contribution in [0.1, 0.15) is 37.8 Å². The van der Waals surface area contributed by atoms with E-state index in [0.717, 1.165) is 24.2 Å². The number of hydroxylamine groups is 2. The summed E-state index contributed by atoms with van der Waals surface area (Å²) in [6.45, 7) is 9.59. The van der Waals surface area contributed by atoms with Gasteiger partial charge in [0.25, 0.3) is 0 Å². The van der Waals surface area contributed by atoms with Gasteiger partial charge >= 0.3 is 0 Å². The molecule has 0 saturated carbocycles. The third-order valence-electron chi connectivity index (χ3n) is 5.81. The van der Waals surface area contributed by atoms with Crippen LogP contribution in [0.4, 0.5) is 0 Å². The lowest BCUT2D eigenvalue weighted by atomic mass is 9.66. The Morgan fingerprint density at radius 2 is 2.00 bits per heavy atom. The Bertz CT molecular complexity index is 730. The van der Waals surface area contributed by atoms with E-state index in [1.807, 2.05) is 30.3 Å². The highest BCUT2D eigenvalue weighted by Crippen LogP contribution is 2.43. The lowest BCUT2D eigenvalue weighted by molar-refractivity contribution is -0.167. The van der Waals surface area contributed by atoms with Crippen molar-refractivity contribution >= 4 is 0 Å². The Kier molecular flexibility index (Phi) is 5.80. The van der Waals surface area contributed by atoms with E-state index in [1.165, 1.54) is 10.6 Å². The summed E-state index contributed by atoms with van der Waals surface area (Å²) in [5.41, 5.74) is 2.44. The van der Waals surface area contributed by atoms with Crippen molar-refractivity contribution in [2.75, 3.05) is 6.54 Å². The van der Waals surface area contributed by atoms with Crippen LogP contribution in [0.25, 0.3) is 0 Å². The first-order chi connectivity index (χ1) is 12.5. The van der Waals surface area contributed by atoms with E-state index in [-0.39, 0.29) is 11.5 Å². The summed E-state index contributed by atoms with van der Waals surface area (Å²) >= 11 is 0. The number of hydrogen-bond acceptors (Lipinski definition) is 3. The minimum atomic E-state index is -0.000969. The van der Waals surface area contributed by atoms with Gasteiger partial charge in [-0.2, -0.15) is 5.06 Å². The SMILES string of the molecule is C=CC[C@@H]1C[C@@](C)(c2cccc(OCc3ccccc3)c2)C(C)CN1O. The Balaban J connectivity index is 1.78. The van der Waals surface area contributed by atoms with Gasteiger partial charge in [-0.1, -0.05) is 62.4 Å². The average Bonchev–Trinajstić information content (AvgIpc) is 2.66. The maximum atomic E-state index is 10.3. The van der Waals surface area contributed by atoms with Gasteiger partial charge in [0.2, 0.25) is 0 Å². The molecule has 1 unspecified atom stereocenters. The Hall–Kier alpha value is -2.10. The normalized spacial score (nSPS) is 26.4. The van der Waals surface area contributed by atoms with Gasteiger partial charge in [0.1, 0.15) is 12.4 Å². The van der Waals surface area contributed by atoms with Gasteiger partial charge in [0.05, 0.1) is 0 Å². The fraction of sp³-hybridized carbons (Fsp3) is 0.391. The maximum Gasteiger partial charge on any atom is 0.120 e. The van der Waals surface area contributed by atoms with E-state index in [4.69, 9.17) is 4.74 Å². The zero-order chi connectivity index (χ0) is 18.6. The van der Waals surface area contributed by atoms with E-state index in [1.54, 1.807) is 0 Å². The fourth-order valence-electron chi connectivity index (χ4n) is 3.91. The molecular weight excluding hydrogens is 322 g/mol. The lowest BCUT2D eigenvalue weighted by Gasteiger charge is -2.47. The second-order valence-corrected chi connectivity index (χ2v) is 7.62. The first-order valence-corrected chi connectivity index (χ1v) is 9.36. The topological polar surface area (TPSA) is 32.7 Å². The van der Waals surface area contributed by atoms with E-state index < -0.39 is 0 Å². The van der Waals surface area contributed by atoms with Crippen LogP contribution in [0.5, 0.6) is 5.75 Å². The van der Waals surface area contributed by atoms with Crippen molar-refractivity contribution in [3.05, 3.63) is 78.4 Å². The highest BCUT2D eigenvalue weighted by Gasteiger charge is 2.42. The molecule has 1 saturated heterocycles. The summed E-state index contributed by atoms with van der Waals surface area (Å²) in [5, 5.41) is 11.8. The summed E-state index contributed by atoms with van der Waals surface area (Å²) in [5.74, 6) is 1.24. The number of benzene rings is 2. The molecule has 1 fully saturated rings. The zero-order valence-electron chi connectivity index (χ0n) is 15.8. The summed E-state index contributed by atoms with van der Waals surface area (Å²) in [6, 6.07) is 18.8. The molecule has 1 aliphatic heterocycles. The Labute approximate surface area is 156 Å². The van der Waals surface area contributed by atoms with Crippen molar-refractivity contribution in [3.63, 3.8) is 0 Å². The number of nitrogens with zero attached hydrogens (tertiary/aromatic N) is 1. The standard InChI is InChI=1S/C23H29NO2/c1-4-9-21-15-23(3,18(2)16-24(21)25)20-12-8-13-22(14-20)26-17-19-10-6-5-7-11-19/h4-8,10-14,18,21,25H,1,9,15-17H2,2-3H3/t18?,21-,23-/m1/s1. The minimum absolute atomic E-state index is 0.000969. The van der Waals surface area contributed by atoms with Crippen LogP contribution in [0.3, 0.4) is 0 Å². The molecule has 0 aromatic heterocycles.